The summed E-state index contributed by atoms with van der Waals surface area (Å²) in [7, 11) is 0. The molecule has 0 amide bonds. The number of benzene rings is 1. The summed E-state index contributed by atoms with van der Waals surface area (Å²) in [5.74, 6) is -0.518. The number of hydrogen-bond donors (Lipinski definition) is 1. The van der Waals surface area contributed by atoms with Crippen LogP contribution < -0.4 is 4.74 Å². The SMILES string of the molecule is O=C(Oc1ccccc1O)c1ccco1. The molecular weight excluding hydrogens is 196 g/mol. The summed E-state index contributed by atoms with van der Waals surface area (Å²) in [6.07, 6.45) is 1.38. The van der Waals surface area contributed by atoms with Crippen molar-refractivity contribution in [2.24, 2.45) is 0 Å². The van der Waals surface area contributed by atoms with Crippen LogP contribution in [-0.4, -0.2) is 11.1 Å². The van der Waals surface area contributed by atoms with Crippen LogP contribution >= 0.6 is 0 Å². The van der Waals surface area contributed by atoms with Gasteiger partial charge in [0.15, 0.2) is 11.5 Å². The van der Waals surface area contributed by atoms with Gasteiger partial charge in [-0.15, -0.1) is 0 Å². The molecule has 4 nitrogen and oxygen atoms in total. The first-order valence-corrected chi connectivity index (χ1v) is 4.31. The fourth-order valence-electron chi connectivity index (χ4n) is 1.09. The largest absolute Gasteiger partial charge is 0.504 e. The number of carbonyl (C=O) groups is 1. The Bertz CT molecular complexity index is 459. The Labute approximate surface area is 85.7 Å². The molecule has 1 aromatic heterocycles. The summed E-state index contributed by atoms with van der Waals surface area (Å²) in [5.41, 5.74) is 0. The molecule has 1 heterocycles. The first kappa shape index (κ1) is 9.33. The highest BCUT2D eigenvalue weighted by Crippen LogP contribution is 2.25. The van der Waals surface area contributed by atoms with Gasteiger partial charge in [0.1, 0.15) is 0 Å². The van der Waals surface area contributed by atoms with Crippen LogP contribution in [0.1, 0.15) is 10.6 Å². The smallest absolute Gasteiger partial charge is 0.379 e. The number of hydrogen-bond acceptors (Lipinski definition) is 4. The fourth-order valence-corrected chi connectivity index (χ4v) is 1.09. The molecule has 0 atom stereocenters. The number of phenolic OH excluding ortho intramolecular Hbond substituents is 1. The number of phenols is 1. The molecule has 0 aliphatic heterocycles. The maximum atomic E-state index is 11.4. The van der Waals surface area contributed by atoms with Crippen LogP contribution in [0.4, 0.5) is 0 Å². The zero-order chi connectivity index (χ0) is 10.7. The first-order chi connectivity index (χ1) is 7.27. The van der Waals surface area contributed by atoms with Crippen molar-refractivity contribution in [3.05, 3.63) is 48.4 Å². The fraction of sp³-hybridized carbons (Fsp3) is 0. The van der Waals surface area contributed by atoms with Gasteiger partial charge in [-0.3, -0.25) is 0 Å². The van der Waals surface area contributed by atoms with Crippen LogP contribution in [0.5, 0.6) is 11.5 Å². The Kier molecular flexibility index (Phi) is 2.41. The molecule has 0 saturated heterocycles. The summed E-state index contributed by atoms with van der Waals surface area (Å²) >= 11 is 0. The van der Waals surface area contributed by atoms with Crippen molar-refractivity contribution in [3.63, 3.8) is 0 Å². The Balaban J connectivity index is 2.17. The third-order valence-corrected chi connectivity index (χ3v) is 1.79. The number of carbonyl (C=O) groups excluding carboxylic acids is 1. The van der Waals surface area contributed by atoms with Crippen molar-refractivity contribution < 1.29 is 19.1 Å². The van der Waals surface area contributed by atoms with E-state index in [1.807, 2.05) is 0 Å². The first-order valence-electron chi connectivity index (χ1n) is 4.31. The maximum Gasteiger partial charge on any atom is 0.379 e. The quantitative estimate of drug-likeness (QED) is 0.601. The summed E-state index contributed by atoms with van der Waals surface area (Å²) in [6.45, 7) is 0. The summed E-state index contributed by atoms with van der Waals surface area (Å²) < 4.78 is 9.76. The van der Waals surface area contributed by atoms with Crippen molar-refractivity contribution in [2.75, 3.05) is 0 Å². The standard InChI is InChI=1S/C11H8O4/c12-8-4-1-2-5-9(8)15-11(13)10-6-3-7-14-10/h1-7,12H. The summed E-state index contributed by atoms with van der Waals surface area (Å²) in [4.78, 5) is 11.4. The van der Waals surface area contributed by atoms with E-state index in [9.17, 15) is 9.90 Å². The van der Waals surface area contributed by atoms with Crippen LogP contribution in [0.3, 0.4) is 0 Å². The number of esters is 1. The van der Waals surface area contributed by atoms with Gasteiger partial charge in [-0.05, 0) is 24.3 Å². The van der Waals surface area contributed by atoms with Gasteiger partial charge in [0.25, 0.3) is 0 Å². The van der Waals surface area contributed by atoms with Crippen LogP contribution in [0.15, 0.2) is 47.1 Å². The van der Waals surface area contributed by atoms with Crippen LogP contribution in [0, 0.1) is 0 Å². The molecular formula is C11H8O4. The predicted octanol–water partition coefficient (Wildman–Crippen LogP) is 2.20. The topological polar surface area (TPSA) is 59.7 Å². The van der Waals surface area contributed by atoms with E-state index in [1.165, 1.54) is 24.5 Å². The predicted molar refractivity (Wildman–Crippen MR) is 51.8 cm³/mol. The lowest BCUT2D eigenvalue weighted by atomic mass is 10.3. The third-order valence-electron chi connectivity index (χ3n) is 1.79. The average Bonchev–Trinajstić information content (AvgIpc) is 2.74. The summed E-state index contributed by atoms with van der Waals surface area (Å²) in [6, 6.07) is 9.30. The normalized spacial score (nSPS) is 9.87. The molecule has 15 heavy (non-hydrogen) atoms. The van der Waals surface area contributed by atoms with Crippen molar-refractivity contribution in [1.29, 1.82) is 0 Å². The summed E-state index contributed by atoms with van der Waals surface area (Å²) in [5, 5.41) is 9.35. The van der Waals surface area contributed by atoms with Crippen molar-refractivity contribution >= 4 is 5.97 Å². The highest BCUT2D eigenvalue weighted by atomic mass is 16.6. The van der Waals surface area contributed by atoms with Gasteiger partial charge in [0.2, 0.25) is 5.76 Å². The number of ether oxygens (including phenoxy) is 1. The second-order valence-electron chi connectivity index (χ2n) is 2.83. The van der Waals surface area contributed by atoms with E-state index < -0.39 is 5.97 Å². The van der Waals surface area contributed by atoms with Gasteiger partial charge in [0, 0.05) is 0 Å². The van der Waals surface area contributed by atoms with Gasteiger partial charge >= 0.3 is 5.97 Å². The van der Waals surface area contributed by atoms with Crippen molar-refractivity contribution in [1.82, 2.24) is 0 Å². The van der Waals surface area contributed by atoms with Crippen LogP contribution in [0.25, 0.3) is 0 Å². The van der Waals surface area contributed by atoms with Gasteiger partial charge in [-0.1, -0.05) is 12.1 Å². The number of aromatic hydroxyl groups is 1. The monoisotopic (exact) mass is 204 g/mol. The van der Waals surface area contributed by atoms with E-state index in [2.05, 4.69) is 0 Å². The Morgan fingerprint density at radius 2 is 2.00 bits per heavy atom. The minimum Gasteiger partial charge on any atom is -0.504 e. The van der Waals surface area contributed by atoms with Crippen molar-refractivity contribution in [3.8, 4) is 11.5 Å². The number of furan rings is 1. The van der Waals surface area contributed by atoms with E-state index in [4.69, 9.17) is 9.15 Å². The maximum absolute atomic E-state index is 11.4. The highest BCUT2D eigenvalue weighted by Gasteiger charge is 2.12. The zero-order valence-electron chi connectivity index (χ0n) is 7.71. The van der Waals surface area contributed by atoms with Crippen molar-refractivity contribution in [2.45, 2.75) is 0 Å². The molecule has 0 spiro atoms. The Morgan fingerprint density at radius 1 is 1.20 bits per heavy atom. The molecule has 0 unspecified atom stereocenters. The zero-order valence-corrected chi connectivity index (χ0v) is 7.71. The lowest BCUT2D eigenvalue weighted by Crippen LogP contribution is -2.07. The molecule has 0 bridgehead atoms. The van der Waals surface area contributed by atoms with E-state index in [-0.39, 0.29) is 17.3 Å². The van der Waals surface area contributed by atoms with Gasteiger partial charge in [-0.2, -0.15) is 0 Å². The molecule has 4 heteroatoms. The Morgan fingerprint density at radius 3 is 2.67 bits per heavy atom. The van der Waals surface area contributed by atoms with Crippen LogP contribution in [-0.2, 0) is 0 Å². The minimum atomic E-state index is -0.638. The van der Waals surface area contributed by atoms with E-state index in [0.717, 1.165) is 0 Å². The van der Waals surface area contributed by atoms with Gasteiger partial charge in [0.05, 0.1) is 6.26 Å². The van der Waals surface area contributed by atoms with Gasteiger partial charge in [-0.25, -0.2) is 4.79 Å². The van der Waals surface area contributed by atoms with E-state index >= 15 is 0 Å². The second-order valence-corrected chi connectivity index (χ2v) is 2.83. The molecule has 0 radical (unpaired) electrons. The lowest BCUT2D eigenvalue weighted by molar-refractivity contribution is 0.0696. The average molecular weight is 204 g/mol. The molecule has 2 rings (SSSR count). The molecule has 0 aliphatic rings. The molecule has 1 aromatic carbocycles. The number of para-hydroxylation sites is 2. The highest BCUT2D eigenvalue weighted by molar-refractivity contribution is 5.88. The molecule has 0 aliphatic carbocycles. The second kappa shape index (κ2) is 3.88. The molecule has 76 valence electrons. The molecule has 1 N–H and O–H groups in total. The minimum absolute atomic E-state index is 0.0857. The third kappa shape index (κ3) is 1.99. The Hall–Kier alpha value is -2.23. The van der Waals surface area contributed by atoms with E-state index in [0.29, 0.717) is 0 Å². The number of rotatable bonds is 2. The lowest BCUT2D eigenvalue weighted by Gasteiger charge is -2.03. The molecule has 0 saturated carbocycles. The van der Waals surface area contributed by atoms with Gasteiger partial charge < -0.3 is 14.3 Å². The van der Waals surface area contributed by atoms with Crippen LogP contribution in [0.2, 0.25) is 0 Å². The van der Waals surface area contributed by atoms with E-state index in [1.54, 1.807) is 18.2 Å². The molecule has 0 fully saturated rings. The molecule has 2 aromatic rings.